The molecule has 1 aliphatic rings. The molecule has 0 saturated carbocycles. The summed E-state index contributed by atoms with van der Waals surface area (Å²) in [6.45, 7) is 1.15. The van der Waals surface area contributed by atoms with Crippen molar-refractivity contribution < 1.29 is 8.42 Å². The predicted octanol–water partition coefficient (Wildman–Crippen LogP) is 2.03. The van der Waals surface area contributed by atoms with Crippen molar-refractivity contribution in [1.29, 1.82) is 0 Å². The van der Waals surface area contributed by atoms with E-state index >= 15 is 0 Å². The minimum atomic E-state index is -3.45. The molecule has 1 saturated heterocycles. The predicted molar refractivity (Wildman–Crippen MR) is 114 cm³/mol. The van der Waals surface area contributed by atoms with Crippen LogP contribution in [-0.2, 0) is 10.0 Å². The molecule has 0 bridgehead atoms. The summed E-state index contributed by atoms with van der Waals surface area (Å²) < 4.78 is 26.9. The van der Waals surface area contributed by atoms with Gasteiger partial charge in [-0.15, -0.1) is 5.10 Å². The molecule has 4 rings (SSSR count). The van der Waals surface area contributed by atoms with Crippen LogP contribution < -0.4 is 16.2 Å². The van der Waals surface area contributed by atoms with Gasteiger partial charge in [0, 0.05) is 18.8 Å². The number of aromatic nitrogens is 3. The normalized spacial score (nSPS) is 15.0. The smallest absolute Gasteiger partial charge is 0.248 e. The molecule has 1 aromatic heterocycles. The van der Waals surface area contributed by atoms with Gasteiger partial charge in [0.2, 0.25) is 21.9 Å². The molecule has 29 heavy (non-hydrogen) atoms. The number of nitrogens with two attached hydrogens (primary N) is 1. The van der Waals surface area contributed by atoms with Crippen molar-refractivity contribution in [2.24, 2.45) is 0 Å². The summed E-state index contributed by atoms with van der Waals surface area (Å²) in [5.41, 5.74) is 7.76. The third-order valence-electron chi connectivity index (χ3n) is 4.69. The average molecular weight is 446 g/mol. The molecule has 2 heterocycles. The fourth-order valence-electron chi connectivity index (χ4n) is 3.30. The van der Waals surface area contributed by atoms with Crippen LogP contribution in [0.4, 0.5) is 17.6 Å². The van der Waals surface area contributed by atoms with Gasteiger partial charge in [-0.25, -0.2) is 13.5 Å². The van der Waals surface area contributed by atoms with Crippen LogP contribution in [0, 0.1) is 0 Å². The molecule has 1 fully saturated rings. The van der Waals surface area contributed by atoms with Gasteiger partial charge in [0.1, 0.15) is 0 Å². The summed E-state index contributed by atoms with van der Waals surface area (Å²) in [5.74, 6) is 0.534. The highest BCUT2D eigenvalue weighted by Gasteiger charge is 2.27. The number of hydrogen-bond donors (Lipinski definition) is 3. The molecule has 4 N–H and O–H groups in total. The SMILES string of the molecule is Nc1nc(Nc2cc([Si])c(-c3ccc(S(=O)(=O)N4CCCC4)cc3)c(Cl)c2)n[nH]1. The van der Waals surface area contributed by atoms with Crippen LogP contribution in [0.3, 0.4) is 0 Å². The molecule has 0 unspecified atom stereocenters. The van der Waals surface area contributed by atoms with E-state index in [1.807, 2.05) is 6.07 Å². The van der Waals surface area contributed by atoms with Gasteiger partial charge in [-0.2, -0.15) is 9.29 Å². The zero-order valence-corrected chi connectivity index (χ0v) is 17.9. The van der Waals surface area contributed by atoms with E-state index in [0.29, 0.717) is 29.7 Å². The highest BCUT2D eigenvalue weighted by Crippen LogP contribution is 2.31. The van der Waals surface area contributed by atoms with Gasteiger partial charge in [-0.1, -0.05) is 28.9 Å². The Morgan fingerprint density at radius 2 is 1.86 bits per heavy atom. The highest BCUT2D eigenvalue weighted by molar-refractivity contribution is 7.89. The van der Waals surface area contributed by atoms with Crippen LogP contribution in [0.1, 0.15) is 12.8 Å². The number of anilines is 3. The standard InChI is InChI=1S/C18H18ClN6O2SSi/c19-14-9-12(21-18-22-17(20)23-24-18)10-15(29)16(14)11-3-5-13(6-4-11)28(26,27)25-7-1-2-8-25/h3-6,9-10H,1-2,7-8H2,(H4,20,21,22,23,24). The topological polar surface area (TPSA) is 117 Å². The van der Waals surface area contributed by atoms with Crippen molar-refractivity contribution in [3.8, 4) is 11.1 Å². The number of sulfonamides is 1. The van der Waals surface area contributed by atoms with E-state index in [9.17, 15) is 8.42 Å². The molecular formula is C18H18ClN6O2SSi. The number of nitrogen functional groups attached to an aromatic ring is 1. The molecular weight excluding hydrogens is 428 g/mol. The first kappa shape index (κ1) is 19.9. The van der Waals surface area contributed by atoms with Gasteiger partial charge in [0.15, 0.2) is 0 Å². The Morgan fingerprint density at radius 1 is 1.17 bits per heavy atom. The first-order chi connectivity index (χ1) is 13.8. The number of nitrogens with one attached hydrogen (secondary N) is 2. The highest BCUT2D eigenvalue weighted by atomic mass is 35.5. The maximum Gasteiger partial charge on any atom is 0.248 e. The van der Waals surface area contributed by atoms with E-state index in [4.69, 9.17) is 17.3 Å². The third kappa shape index (κ3) is 4.01. The van der Waals surface area contributed by atoms with Gasteiger partial charge in [0.25, 0.3) is 0 Å². The molecule has 3 aromatic rings. The second-order valence-electron chi connectivity index (χ2n) is 6.69. The van der Waals surface area contributed by atoms with Crippen LogP contribution in [0.25, 0.3) is 11.1 Å². The van der Waals surface area contributed by atoms with Gasteiger partial charge >= 0.3 is 0 Å². The summed E-state index contributed by atoms with van der Waals surface area (Å²) in [4.78, 5) is 4.28. The lowest BCUT2D eigenvalue weighted by Crippen LogP contribution is -2.27. The number of H-pyrrole nitrogens is 1. The summed E-state index contributed by atoms with van der Waals surface area (Å²) in [5, 5.41) is 10.7. The van der Waals surface area contributed by atoms with E-state index in [0.717, 1.165) is 29.2 Å². The van der Waals surface area contributed by atoms with Gasteiger partial charge in [-0.3, -0.25) is 0 Å². The van der Waals surface area contributed by atoms with E-state index in [-0.39, 0.29) is 10.8 Å². The minimum absolute atomic E-state index is 0.206. The monoisotopic (exact) mass is 445 g/mol. The Labute approximate surface area is 177 Å². The number of hydrogen-bond acceptors (Lipinski definition) is 6. The van der Waals surface area contributed by atoms with Crippen molar-refractivity contribution in [1.82, 2.24) is 19.5 Å². The van der Waals surface area contributed by atoms with Crippen LogP contribution in [-0.4, -0.2) is 51.2 Å². The quantitative estimate of drug-likeness (QED) is 0.517. The molecule has 0 amide bonds. The van der Waals surface area contributed by atoms with Gasteiger partial charge in [0.05, 0.1) is 20.2 Å². The molecule has 149 valence electrons. The van der Waals surface area contributed by atoms with Crippen LogP contribution in [0.2, 0.25) is 5.02 Å². The fourth-order valence-corrected chi connectivity index (χ4v) is 5.66. The molecule has 11 heteroatoms. The Kier molecular flexibility index (Phi) is 5.34. The zero-order valence-electron chi connectivity index (χ0n) is 15.3. The molecule has 0 atom stereocenters. The maximum absolute atomic E-state index is 12.7. The zero-order chi connectivity index (χ0) is 20.6. The Balaban J connectivity index is 1.61. The van der Waals surface area contributed by atoms with Gasteiger partial charge in [-0.05, 0) is 48.2 Å². The number of halogens is 1. The average Bonchev–Trinajstić information content (AvgIpc) is 3.34. The molecule has 2 aromatic carbocycles. The molecule has 1 aliphatic heterocycles. The lowest BCUT2D eigenvalue weighted by molar-refractivity contribution is 0.477. The lowest BCUT2D eigenvalue weighted by atomic mass is 10.1. The first-order valence-electron chi connectivity index (χ1n) is 8.95. The van der Waals surface area contributed by atoms with Crippen molar-refractivity contribution in [2.75, 3.05) is 24.1 Å². The van der Waals surface area contributed by atoms with Crippen molar-refractivity contribution >= 4 is 54.6 Å². The molecule has 8 nitrogen and oxygen atoms in total. The summed E-state index contributed by atoms with van der Waals surface area (Å²) in [6.07, 6.45) is 1.81. The fraction of sp³-hybridized carbons (Fsp3) is 0.222. The Bertz CT molecular complexity index is 1120. The second-order valence-corrected chi connectivity index (χ2v) is 9.57. The summed E-state index contributed by atoms with van der Waals surface area (Å²) in [7, 11) is 0.154. The van der Waals surface area contributed by atoms with Crippen LogP contribution in [0.15, 0.2) is 41.3 Å². The van der Waals surface area contributed by atoms with Gasteiger partial charge < -0.3 is 11.1 Å². The number of aromatic amines is 1. The van der Waals surface area contributed by atoms with Crippen molar-refractivity contribution in [2.45, 2.75) is 17.7 Å². The number of nitrogens with zero attached hydrogens (tertiary/aromatic N) is 3. The molecule has 3 radical (unpaired) electrons. The van der Waals surface area contributed by atoms with E-state index in [2.05, 4.69) is 30.7 Å². The van der Waals surface area contributed by atoms with Crippen LogP contribution >= 0.6 is 11.6 Å². The molecule has 0 spiro atoms. The minimum Gasteiger partial charge on any atom is -0.368 e. The van der Waals surface area contributed by atoms with E-state index in [1.54, 1.807) is 30.3 Å². The van der Waals surface area contributed by atoms with E-state index < -0.39 is 10.0 Å². The lowest BCUT2D eigenvalue weighted by Gasteiger charge is -2.16. The van der Waals surface area contributed by atoms with Crippen molar-refractivity contribution in [3.05, 3.63) is 41.4 Å². The largest absolute Gasteiger partial charge is 0.368 e. The number of benzene rings is 2. The first-order valence-corrected chi connectivity index (χ1v) is 11.3. The van der Waals surface area contributed by atoms with E-state index in [1.165, 1.54) is 4.31 Å². The molecule has 0 aliphatic carbocycles. The summed E-state index contributed by atoms with van der Waals surface area (Å²) in [6, 6.07) is 10.3. The Morgan fingerprint density at radius 3 is 2.45 bits per heavy atom. The summed E-state index contributed by atoms with van der Waals surface area (Å²) >= 11 is 6.50. The van der Waals surface area contributed by atoms with Crippen molar-refractivity contribution in [3.63, 3.8) is 0 Å². The second kappa shape index (κ2) is 7.79. The third-order valence-corrected chi connectivity index (χ3v) is 7.30. The Hall–Kier alpha value is -2.40. The number of rotatable bonds is 5. The van der Waals surface area contributed by atoms with Crippen LogP contribution in [0.5, 0.6) is 0 Å². The maximum atomic E-state index is 12.7.